The van der Waals surface area contributed by atoms with Crippen LogP contribution in [-0.2, 0) is 7.05 Å². The minimum atomic E-state index is -0.308. The van der Waals surface area contributed by atoms with Crippen molar-refractivity contribution in [3.05, 3.63) is 65.7 Å². The van der Waals surface area contributed by atoms with Gasteiger partial charge in [0.2, 0.25) is 0 Å². The first-order chi connectivity index (χ1) is 11.5. The van der Waals surface area contributed by atoms with Crippen molar-refractivity contribution in [1.29, 1.82) is 0 Å². The average Bonchev–Trinajstić information content (AvgIpc) is 2.87. The zero-order chi connectivity index (χ0) is 17.1. The second kappa shape index (κ2) is 6.58. The first kappa shape index (κ1) is 15.8. The molecule has 0 fully saturated rings. The van der Waals surface area contributed by atoms with Crippen LogP contribution in [0.1, 0.15) is 11.1 Å². The number of benzene rings is 2. The van der Waals surface area contributed by atoms with E-state index in [1.165, 1.54) is 0 Å². The molecule has 1 heterocycles. The summed E-state index contributed by atoms with van der Waals surface area (Å²) in [5.41, 5.74) is 4.97. The molecule has 0 atom stereocenters. The average molecular weight is 320 g/mol. The largest absolute Gasteiger partial charge is 0.324 e. The monoisotopic (exact) mass is 320 g/mol. The number of anilines is 2. The van der Waals surface area contributed by atoms with E-state index in [9.17, 15) is 4.79 Å². The lowest BCUT2D eigenvalue weighted by molar-refractivity contribution is 0.262. The summed E-state index contributed by atoms with van der Waals surface area (Å²) in [6.07, 6.45) is 0. The van der Waals surface area contributed by atoms with Crippen molar-refractivity contribution in [2.45, 2.75) is 13.8 Å². The Bertz CT molecular complexity index is 848. The van der Waals surface area contributed by atoms with Crippen molar-refractivity contribution in [1.82, 2.24) is 9.78 Å². The molecule has 0 aliphatic rings. The minimum Gasteiger partial charge on any atom is -0.308 e. The number of aryl methyl sites for hydroxylation is 3. The van der Waals surface area contributed by atoms with E-state index >= 15 is 0 Å². The van der Waals surface area contributed by atoms with Crippen LogP contribution in [0.15, 0.2) is 54.6 Å². The molecule has 2 amide bonds. The topological polar surface area (TPSA) is 59.0 Å². The van der Waals surface area contributed by atoms with Gasteiger partial charge in [-0.3, -0.25) is 10.00 Å². The fraction of sp³-hybridized carbons (Fsp3) is 0.158. The highest BCUT2D eigenvalue weighted by Crippen LogP contribution is 2.22. The van der Waals surface area contributed by atoms with Crippen LogP contribution in [-0.4, -0.2) is 15.8 Å². The second-order valence-electron chi connectivity index (χ2n) is 5.86. The minimum absolute atomic E-state index is 0.308. The molecule has 0 radical (unpaired) electrons. The second-order valence-corrected chi connectivity index (χ2v) is 5.86. The number of hydrogen-bond acceptors (Lipinski definition) is 2. The normalized spacial score (nSPS) is 10.5. The molecular formula is C19H20N4O. The molecule has 3 aromatic rings. The van der Waals surface area contributed by atoms with Crippen molar-refractivity contribution in [2.75, 3.05) is 10.6 Å². The highest BCUT2D eigenvalue weighted by atomic mass is 16.2. The standard InChI is InChI=1S/C19H20N4O/c1-13-9-14(2)11-16(10-13)20-19(24)21-18-12-17(23(3)22-18)15-7-5-4-6-8-15/h4-12H,1-3H3,(H2,20,21,22,24). The fourth-order valence-electron chi connectivity index (χ4n) is 2.73. The summed E-state index contributed by atoms with van der Waals surface area (Å²) in [6.45, 7) is 4.00. The number of nitrogens with zero attached hydrogens (tertiary/aromatic N) is 2. The lowest BCUT2D eigenvalue weighted by atomic mass is 10.1. The summed E-state index contributed by atoms with van der Waals surface area (Å²) in [4.78, 5) is 12.2. The van der Waals surface area contributed by atoms with Crippen LogP contribution in [0.25, 0.3) is 11.3 Å². The van der Waals surface area contributed by atoms with Crippen LogP contribution in [0.2, 0.25) is 0 Å². The molecule has 2 aromatic carbocycles. The van der Waals surface area contributed by atoms with Gasteiger partial charge in [-0.15, -0.1) is 0 Å². The number of carbonyl (C=O) groups is 1. The molecule has 1 aromatic heterocycles. The third kappa shape index (κ3) is 3.63. The van der Waals surface area contributed by atoms with Crippen molar-refractivity contribution < 1.29 is 4.79 Å². The maximum atomic E-state index is 12.2. The van der Waals surface area contributed by atoms with Gasteiger partial charge in [0.15, 0.2) is 5.82 Å². The van der Waals surface area contributed by atoms with Crippen molar-refractivity contribution >= 4 is 17.5 Å². The molecule has 5 heteroatoms. The third-order valence-corrected chi connectivity index (χ3v) is 3.67. The Labute approximate surface area is 141 Å². The molecule has 0 saturated carbocycles. The Balaban J connectivity index is 1.73. The van der Waals surface area contributed by atoms with Gasteiger partial charge < -0.3 is 5.32 Å². The molecule has 2 N–H and O–H groups in total. The van der Waals surface area contributed by atoms with Crippen molar-refractivity contribution in [2.24, 2.45) is 7.05 Å². The van der Waals surface area contributed by atoms with Crippen LogP contribution in [0.5, 0.6) is 0 Å². The zero-order valence-corrected chi connectivity index (χ0v) is 14.0. The Kier molecular flexibility index (Phi) is 4.33. The van der Waals surface area contributed by atoms with Crippen LogP contribution in [0.3, 0.4) is 0 Å². The van der Waals surface area contributed by atoms with Crippen LogP contribution in [0, 0.1) is 13.8 Å². The first-order valence-corrected chi connectivity index (χ1v) is 7.77. The van der Waals surface area contributed by atoms with Gasteiger partial charge >= 0.3 is 6.03 Å². The Morgan fingerprint density at radius 2 is 1.62 bits per heavy atom. The van der Waals surface area contributed by atoms with Crippen LogP contribution < -0.4 is 10.6 Å². The molecule has 5 nitrogen and oxygen atoms in total. The lowest BCUT2D eigenvalue weighted by Crippen LogP contribution is -2.19. The van der Waals surface area contributed by atoms with Gasteiger partial charge in [0.1, 0.15) is 0 Å². The van der Waals surface area contributed by atoms with Gasteiger partial charge in [-0.25, -0.2) is 4.79 Å². The van der Waals surface area contributed by atoms with E-state index < -0.39 is 0 Å². The Morgan fingerprint density at radius 3 is 2.29 bits per heavy atom. The van der Waals surface area contributed by atoms with E-state index in [-0.39, 0.29) is 6.03 Å². The van der Waals surface area contributed by atoms with E-state index in [0.29, 0.717) is 5.82 Å². The van der Waals surface area contributed by atoms with E-state index in [1.54, 1.807) is 4.68 Å². The SMILES string of the molecule is Cc1cc(C)cc(NC(=O)Nc2cc(-c3ccccc3)n(C)n2)c1. The summed E-state index contributed by atoms with van der Waals surface area (Å²) in [6, 6.07) is 17.4. The Morgan fingerprint density at radius 1 is 0.958 bits per heavy atom. The van der Waals surface area contributed by atoms with Crippen LogP contribution >= 0.6 is 0 Å². The van der Waals surface area contributed by atoms with Gasteiger partial charge in [0.25, 0.3) is 0 Å². The summed E-state index contributed by atoms with van der Waals surface area (Å²) in [5.74, 6) is 0.512. The maximum absolute atomic E-state index is 12.2. The van der Waals surface area contributed by atoms with Gasteiger partial charge in [-0.1, -0.05) is 36.4 Å². The molecule has 0 unspecified atom stereocenters. The van der Waals surface area contributed by atoms with Crippen LogP contribution in [0.4, 0.5) is 16.3 Å². The number of hydrogen-bond donors (Lipinski definition) is 2. The quantitative estimate of drug-likeness (QED) is 0.754. The third-order valence-electron chi connectivity index (χ3n) is 3.67. The summed E-state index contributed by atoms with van der Waals surface area (Å²) in [5, 5.41) is 9.97. The van der Waals surface area contributed by atoms with Crippen molar-refractivity contribution in [3.8, 4) is 11.3 Å². The zero-order valence-electron chi connectivity index (χ0n) is 14.0. The molecule has 24 heavy (non-hydrogen) atoms. The highest BCUT2D eigenvalue weighted by Gasteiger charge is 2.10. The molecule has 3 rings (SSSR count). The maximum Gasteiger partial charge on any atom is 0.324 e. The predicted octanol–water partition coefficient (Wildman–Crippen LogP) is 4.35. The van der Waals surface area contributed by atoms with Gasteiger partial charge in [-0.2, -0.15) is 5.10 Å². The first-order valence-electron chi connectivity index (χ1n) is 7.77. The predicted molar refractivity (Wildman–Crippen MR) is 97.2 cm³/mol. The number of carbonyl (C=O) groups excluding carboxylic acids is 1. The summed E-state index contributed by atoms with van der Waals surface area (Å²) >= 11 is 0. The molecule has 0 aliphatic heterocycles. The van der Waals surface area contributed by atoms with E-state index in [4.69, 9.17) is 0 Å². The summed E-state index contributed by atoms with van der Waals surface area (Å²) < 4.78 is 1.75. The van der Waals surface area contributed by atoms with Gasteiger partial charge in [0, 0.05) is 18.8 Å². The fourth-order valence-corrected chi connectivity index (χ4v) is 2.73. The molecule has 0 bridgehead atoms. The highest BCUT2D eigenvalue weighted by molar-refractivity contribution is 5.99. The molecule has 0 saturated heterocycles. The molecule has 0 spiro atoms. The van der Waals surface area contributed by atoms with E-state index in [1.807, 2.05) is 69.4 Å². The lowest BCUT2D eigenvalue weighted by Gasteiger charge is -2.07. The van der Waals surface area contributed by atoms with Gasteiger partial charge in [-0.05, 0) is 42.7 Å². The summed E-state index contributed by atoms with van der Waals surface area (Å²) in [7, 11) is 1.86. The number of rotatable bonds is 3. The number of amides is 2. The van der Waals surface area contributed by atoms with Crippen molar-refractivity contribution in [3.63, 3.8) is 0 Å². The van der Waals surface area contributed by atoms with E-state index in [2.05, 4.69) is 21.8 Å². The van der Waals surface area contributed by atoms with Gasteiger partial charge in [0.05, 0.1) is 5.69 Å². The smallest absolute Gasteiger partial charge is 0.308 e. The molecule has 122 valence electrons. The number of nitrogens with one attached hydrogen (secondary N) is 2. The molecular weight excluding hydrogens is 300 g/mol. The Hall–Kier alpha value is -3.08. The molecule has 0 aliphatic carbocycles. The number of aromatic nitrogens is 2. The van der Waals surface area contributed by atoms with E-state index in [0.717, 1.165) is 28.1 Å². The number of urea groups is 1.